The number of pyridine rings is 1. The maximum atomic E-state index is 9.10. The van der Waals surface area contributed by atoms with E-state index in [1.807, 2.05) is 0 Å². The Hall–Kier alpha value is -3.83. The van der Waals surface area contributed by atoms with Gasteiger partial charge < -0.3 is 9.47 Å². The maximum Gasteiger partial charge on any atom is 0.222 e. The lowest BCUT2D eigenvalue weighted by Crippen LogP contribution is -1.94. The Bertz CT molecular complexity index is 880. The summed E-state index contributed by atoms with van der Waals surface area (Å²) in [6.07, 6.45) is 0. The van der Waals surface area contributed by atoms with Crippen LogP contribution in [0.25, 0.3) is 0 Å². The van der Waals surface area contributed by atoms with Crippen molar-refractivity contribution in [3.63, 3.8) is 0 Å². The molecule has 0 unspecified atom stereocenters. The van der Waals surface area contributed by atoms with E-state index in [-0.39, 0.29) is 0 Å². The quantitative estimate of drug-likeness (QED) is 0.712. The fraction of sp³-hybridized carbons (Fsp3) is 0. The highest BCUT2D eigenvalue weighted by Crippen LogP contribution is 2.27. The van der Waals surface area contributed by atoms with Crippen LogP contribution in [0.4, 0.5) is 0 Å². The van der Waals surface area contributed by atoms with Gasteiger partial charge in [0.25, 0.3) is 0 Å². The number of benzene rings is 2. The van der Waals surface area contributed by atoms with Crippen LogP contribution in [0.2, 0.25) is 0 Å². The molecule has 0 bridgehead atoms. The van der Waals surface area contributed by atoms with E-state index >= 15 is 0 Å². The molecule has 114 valence electrons. The van der Waals surface area contributed by atoms with E-state index in [9.17, 15) is 0 Å². The normalized spacial score (nSPS) is 9.58. The molecule has 3 aromatic rings. The summed E-state index contributed by atoms with van der Waals surface area (Å²) >= 11 is 0. The Balaban J connectivity index is 1.85. The molecule has 0 aliphatic heterocycles. The van der Waals surface area contributed by atoms with Gasteiger partial charge in [-0.3, -0.25) is 0 Å². The van der Waals surface area contributed by atoms with Gasteiger partial charge in [0.2, 0.25) is 11.8 Å². The minimum absolute atomic E-state index is 0.296. The fourth-order valence-electron chi connectivity index (χ4n) is 2.03. The molecule has 5 heteroatoms. The highest BCUT2D eigenvalue weighted by molar-refractivity contribution is 5.46. The van der Waals surface area contributed by atoms with E-state index in [0.717, 1.165) is 0 Å². The molecule has 3 rings (SSSR count). The third-order valence-electron chi connectivity index (χ3n) is 3.14. The second kappa shape index (κ2) is 6.95. The summed E-state index contributed by atoms with van der Waals surface area (Å²) in [6, 6.07) is 23.0. The summed E-state index contributed by atoms with van der Waals surface area (Å²) in [6.45, 7) is 0. The summed E-state index contributed by atoms with van der Waals surface area (Å²) in [4.78, 5) is 4.25. The van der Waals surface area contributed by atoms with Gasteiger partial charge >= 0.3 is 0 Å². The Labute approximate surface area is 139 Å². The lowest BCUT2D eigenvalue weighted by Gasteiger charge is -2.09. The van der Waals surface area contributed by atoms with Crippen LogP contribution in [0, 0.1) is 22.7 Å². The van der Waals surface area contributed by atoms with Gasteiger partial charge in [-0.2, -0.15) is 15.5 Å². The van der Waals surface area contributed by atoms with E-state index in [2.05, 4.69) is 17.1 Å². The zero-order chi connectivity index (χ0) is 16.8. The van der Waals surface area contributed by atoms with E-state index in [4.69, 9.17) is 20.0 Å². The molecule has 0 radical (unpaired) electrons. The maximum absolute atomic E-state index is 9.10. The van der Waals surface area contributed by atoms with Crippen molar-refractivity contribution in [1.29, 1.82) is 10.5 Å². The van der Waals surface area contributed by atoms with Crippen LogP contribution in [0.15, 0.2) is 66.7 Å². The van der Waals surface area contributed by atoms with E-state index < -0.39 is 0 Å². The van der Waals surface area contributed by atoms with Crippen molar-refractivity contribution in [3.05, 3.63) is 77.9 Å². The van der Waals surface area contributed by atoms with E-state index in [0.29, 0.717) is 34.4 Å². The predicted octanol–water partition coefficient (Wildman–Crippen LogP) is 4.41. The van der Waals surface area contributed by atoms with Gasteiger partial charge in [-0.1, -0.05) is 30.3 Å². The van der Waals surface area contributed by atoms with Gasteiger partial charge in [0, 0.05) is 12.1 Å². The Kier molecular flexibility index (Phi) is 4.37. The van der Waals surface area contributed by atoms with Crippen molar-refractivity contribution >= 4 is 0 Å². The zero-order valence-electron chi connectivity index (χ0n) is 12.5. The van der Waals surface area contributed by atoms with Crippen LogP contribution in [0.1, 0.15) is 11.1 Å². The molecule has 0 saturated carbocycles. The topological polar surface area (TPSA) is 78.9 Å². The average molecular weight is 313 g/mol. The predicted molar refractivity (Wildman–Crippen MR) is 86.7 cm³/mol. The largest absolute Gasteiger partial charge is 0.438 e. The van der Waals surface area contributed by atoms with Crippen molar-refractivity contribution in [2.75, 3.05) is 0 Å². The van der Waals surface area contributed by atoms with Gasteiger partial charge in [0.05, 0.1) is 11.1 Å². The van der Waals surface area contributed by atoms with Crippen LogP contribution < -0.4 is 9.47 Å². The number of ether oxygens (including phenoxy) is 2. The highest BCUT2D eigenvalue weighted by Gasteiger charge is 2.08. The first-order valence-electron chi connectivity index (χ1n) is 7.11. The van der Waals surface area contributed by atoms with Gasteiger partial charge in [-0.25, -0.2) is 0 Å². The van der Waals surface area contributed by atoms with Crippen LogP contribution >= 0.6 is 0 Å². The number of hydrogen-bond acceptors (Lipinski definition) is 5. The lowest BCUT2D eigenvalue weighted by molar-refractivity contribution is 0.425. The molecule has 0 saturated heterocycles. The van der Waals surface area contributed by atoms with Gasteiger partial charge in [0.1, 0.15) is 23.6 Å². The molecule has 5 nitrogen and oxygen atoms in total. The molecule has 1 heterocycles. The summed E-state index contributed by atoms with van der Waals surface area (Å²) in [5.41, 5.74) is 0.834. The molecule has 0 fully saturated rings. The standard InChI is InChI=1S/C19H11N3O2/c20-12-14-6-1-3-8-16(14)23-18-10-5-11-19(22-18)24-17-9-4-2-7-15(17)13-21/h1-11H. The molecule has 24 heavy (non-hydrogen) atoms. The zero-order valence-corrected chi connectivity index (χ0v) is 12.5. The summed E-state index contributed by atoms with van der Waals surface area (Å²) in [5.74, 6) is 1.43. The Morgan fingerprint density at radius 3 is 1.54 bits per heavy atom. The first-order chi connectivity index (χ1) is 11.8. The second-order valence-corrected chi connectivity index (χ2v) is 4.73. The molecule has 0 N–H and O–H groups in total. The molecule has 0 aliphatic carbocycles. The monoisotopic (exact) mass is 313 g/mol. The summed E-state index contributed by atoms with van der Waals surface area (Å²) < 4.78 is 11.3. The van der Waals surface area contributed by atoms with Crippen LogP contribution in [0.5, 0.6) is 23.3 Å². The van der Waals surface area contributed by atoms with Gasteiger partial charge in [-0.15, -0.1) is 0 Å². The number of nitrogens with zero attached hydrogens (tertiary/aromatic N) is 3. The molecule has 1 aromatic heterocycles. The molecule has 0 spiro atoms. The third kappa shape index (κ3) is 3.32. The number of rotatable bonds is 4. The number of aromatic nitrogens is 1. The minimum atomic E-state index is 0.296. The molecular formula is C19H11N3O2. The molecule has 2 aromatic carbocycles. The molecule has 0 atom stereocenters. The van der Waals surface area contributed by atoms with Crippen LogP contribution in [-0.4, -0.2) is 4.98 Å². The van der Waals surface area contributed by atoms with Crippen LogP contribution in [-0.2, 0) is 0 Å². The third-order valence-corrected chi connectivity index (χ3v) is 3.14. The van der Waals surface area contributed by atoms with Crippen LogP contribution in [0.3, 0.4) is 0 Å². The van der Waals surface area contributed by atoms with Crippen molar-refractivity contribution in [2.24, 2.45) is 0 Å². The molecule has 0 aliphatic rings. The fourth-order valence-corrected chi connectivity index (χ4v) is 2.03. The minimum Gasteiger partial charge on any atom is -0.438 e. The van der Waals surface area contributed by atoms with E-state index in [1.54, 1.807) is 66.7 Å². The average Bonchev–Trinajstić information content (AvgIpc) is 2.63. The Morgan fingerprint density at radius 1 is 0.625 bits per heavy atom. The van der Waals surface area contributed by atoms with Crippen molar-refractivity contribution in [2.45, 2.75) is 0 Å². The summed E-state index contributed by atoms with van der Waals surface area (Å²) in [5, 5.41) is 18.2. The SMILES string of the molecule is N#Cc1ccccc1Oc1cccc(Oc2ccccc2C#N)n1. The van der Waals surface area contributed by atoms with Gasteiger partial charge in [0.15, 0.2) is 0 Å². The Morgan fingerprint density at radius 2 is 1.08 bits per heavy atom. The second-order valence-electron chi connectivity index (χ2n) is 4.73. The van der Waals surface area contributed by atoms with Crippen molar-refractivity contribution in [1.82, 2.24) is 4.98 Å². The highest BCUT2D eigenvalue weighted by atomic mass is 16.5. The lowest BCUT2D eigenvalue weighted by atomic mass is 10.2. The summed E-state index contributed by atoms with van der Waals surface area (Å²) in [7, 11) is 0. The van der Waals surface area contributed by atoms with Crippen molar-refractivity contribution in [3.8, 4) is 35.4 Å². The molecular weight excluding hydrogens is 302 g/mol. The van der Waals surface area contributed by atoms with Gasteiger partial charge in [-0.05, 0) is 24.3 Å². The van der Waals surface area contributed by atoms with Crippen molar-refractivity contribution < 1.29 is 9.47 Å². The number of nitriles is 2. The number of para-hydroxylation sites is 2. The molecule has 0 amide bonds. The number of hydrogen-bond donors (Lipinski definition) is 0. The first kappa shape index (κ1) is 15.1. The first-order valence-corrected chi connectivity index (χ1v) is 7.11. The van der Waals surface area contributed by atoms with E-state index in [1.165, 1.54) is 0 Å². The smallest absolute Gasteiger partial charge is 0.222 e.